The highest BCUT2D eigenvalue weighted by molar-refractivity contribution is 5.74. The SMILES string of the molecule is CCc1cc(N)cc(C(F)(F)F)c1-c1ccc(CCN)cc1. The third kappa shape index (κ3) is 3.42. The lowest BCUT2D eigenvalue weighted by Gasteiger charge is -2.18. The minimum Gasteiger partial charge on any atom is -0.399 e. The lowest BCUT2D eigenvalue weighted by atomic mass is 9.91. The Morgan fingerprint density at radius 1 is 1.05 bits per heavy atom. The normalized spacial score (nSPS) is 11.7. The molecule has 0 atom stereocenters. The molecule has 0 saturated heterocycles. The molecule has 0 unspecified atom stereocenters. The van der Waals surface area contributed by atoms with E-state index in [1.54, 1.807) is 18.2 Å². The molecule has 22 heavy (non-hydrogen) atoms. The molecule has 0 radical (unpaired) electrons. The summed E-state index contributed by atoms with van der Waals surface area (Å²) in [6.45, 7) is 2.33. The first-order valence-electron chi connectivity index (χ1n) is 7.15. The monoisotopic (exact) mass is 308 g/mol. The Morgan fingerprint density at radius 3 is 2.18 bits per heavy atom. The first-order valence-corrected chi connectivity index (χ1v) is 7.15. The topological polar surface area (TPSA) is 52.0 Å². The maximum atomic E-state index is 13.4. The number of halogens is 3. The van der Waals surface area contributed by atoms with Crippen LogP contribution in [0.15, 0.2) is 36.4 Å². The van der Waals surface area contributed by atoms with Gasteiger partial charge in [0.2, 0.25) is 0 Å². The van der Waals surface area contributed by atoms with Gasteiger partial charge in [-0.15, -0.1) is 0 Å². The van der Waals surface area contributed by atoms with E-state index in [-0.39, 0.29) is 11.3 Å². The molecule has 0 heterocycles. The van der Waals surface area contributed by atoms with Gasteiger partial charge >= 0.3 is 6.18 Å². The summed E-state index contributed by atoms with van der Waals surface area (Å²) >= 11 is 0. The second kappa shape index (κ2) is 6.40. The number of aryl methyl sites for hydroxylation is 1. The Balaban J connectivity index is 2.61. The van der Waals surface area contributed by atoms with Gasteiger partial charge < -0.3 is 11.5 Å². The van der Waals surface area contributed by atoms with Crippen LogP contribution < -0.4 is 11.5 Å². The highest BCUT2D eigenvalue weighted by atomic mass is 19.4. The van der Waals surface area contributed by atoms with Crippen molar-refractivity contribution in [2.45, 2.75) is 25.9 Å². The van der Waals surface area contributed by atoms with Gasteiger partial charge in [-0.3, -0.25) is 0 Å². The smallest absolute Gasteiger partial charge is 0.399 e. The Kier molecular flexibility index (Phi) is 4.76. The fourth-order valence-electron chi connectivity index (χ4n) is 2.57. The van der Waals surface area contributed by atoms with Crippen LogP contribution in [0.4, 0.5) is 18.9 Å². The van der Waals surface area contributed by atoms with Crippen molar-refractivity contribution in [3.63, 3.8) is 0 Å². The summed E-state index contributed by atoms with van der Waals surface area (Å²) in [5.41, 5.74) is 12.9. The average molecular weight is 308 g/mol. The van der Waals surface area contributed by atoms with Crippen LogP contribution in [0.1, 0.15) is 23.6 Å². The predicted octanol–water partition coefficient (Wildman–Crippen LogP) is 4.02. The van der Waals surface area contributed by atoms with E-state index in [1.807, 2.05) is 19.1 Å². The van der Waals surface area contributed by atoms with E-state index in [4.69, 9.17) is 11.5 Å². The second-order valence-corrected chi connectivity index (χ2v) is 5.19. The molecule has 2 aromatic rings. The molecule has 0 aliphatic heterocycles. The van der Waals surface area contributed by atoms with Crippen molar-refractivity contribution in [3.8, 4) is 11.1 Å². The molecule has 2 nitrogen and oxygen atoms in total. The van der Waals surface area contributed by atoms with E-state index in [9.17, 15) is 13.2 Å². The van der Waals surface area contributed by atoms with Gasteiger partial charge in [-0.25, -0.2) is 0 Å². The fourth-order valence-corrected chi connectivity index (χ4v) is 2.57. The molecule has 2 rings (SSSR count). The van der Waals surface area contributed by atoms with Gasteiger partial charge in [-0.2, -0.15) is 13.2 Å². The molecule has 5 heteroatoms. The molecule has 0 saturated carbocycles. The van der Waals surface area contributed by atoms with Crippen molar-refractivity contribution in [1.29, 1.82) is 0 Å². The Bertz CT molecular complexity index is 646. The zero-order valence-electron chi connectivity index (χ0n) is 12.4. The summed E-state index contributed by atoms with van der Waals surface area (Å²) in [6.07, 6.45) is -3.26. The molecule has 0 amide bonds. The number of alkyl halides is 3. The highest BCUT2D eigenvalue weighted by Gasteiger charge is 2.35. The summed E-state index contributed by atoms with van der Waals surface area (Å²) in [5.74, 6) is 0. The van der Waals surface area contributed by atoms with Crippen LogP contribution in [0.3, 0.4) is 0 Å². The third-order valence-electron chi connectivity index (χ3n) is 3.60. The van der Waals surface area contributed by atoms with Crippen molar-refractivity contribution in [1.82, 2.24) is 0 Å². The molecule has 2 aromatic carbocycles. The van der Waals surface area contributed by atoms with Gasteiger partial charge in [-0.05, 0) is 53.8 Å². The standard InChI is InChI=1S/C17H19F3N2/c1-2-12-9-14(22)10-15(17(18,19)20)16(12)13-5-3-11(4-6-13)7-8-21/h3-6,9-10H,2,7-8,21-22H2,1H3. The number of nitrogens with two attached hydrogens (primary N) is 2. The van der Waals surface area contributed by atoms with E-state index >= 15 is 0 Å². The number of hydrogen-bond acceptors (Lipinski definition) is 2. The van der Waals surface area contributed by atoms with Crippen molar-refractivity contribution >= 4 is 5.69 Å². The summed E-state index contributed by atoms with van der Waals surface area (Å²) in [4.78, 5) is 0. The number of nitrogen functional groups attached to an aromatic ring is 1. The molecule has 0 bridgehead atoms. The number of rotatable bonds is 4. The second-order valence-electron chi connectivity index (χ2n) is 5.19. The van der Waals surface area contributed by atoms with E-state index in [0.29, 0.717) is 30.5 Å². The summed E-state index contributed by atoms with van der Waals surface area (Å²) in [5, 5.41) is 0. The summed E-state index contributed by atoms with van der Waals surface area (Å²) in [7, 11) is 0. The molecule has 0 fully saturated rings. The van der Waals surface area contributed by atoms with E-state index < -0.39 is 11.7 Å². The minimum absolute atomic E-state index is 0.132. The van der Waals surface area contributed by atoms with Crippen LogP contribution in [-0.4, -0.2) is 6.54 Å². The van der Waals surface area contributed by atoms with Crippen molar-refractivity contribution < 1.29 is 13.2 Å². The van der Waals surface area contributed by atoms with Crippen LogP contribution in [0.2, 0.25) is 0 Å². The number of benzene rings is 2. The number of hydrogen-bond donors (Lipinski definition) is 2. The molecule has 0 aliphatic carbocycles. The molecule has 0 spiro atoms. The van der Waals surface area contributed by atoms with Crippen molar-refractivity contribution in [3.05, 3.63) is 53.1 Å². The molecular weight excluding hydrogens is 289 g/mol. The fraction of sp³-hybridized carbons (Fsp3) is 0.294. The zero-order valence-corrected chi connectivity index (χ0v) is 12.4. The van der Waals surface area contributed by atoms with Gasteiger partial charge in [-0.1, -0.05) is 31.2 Å². The van der Waals surface area contributed by atoms with Gasteiger partial charge in [0.1, 0.15) is 0 Å². The third-order valence-corrected chi connectivity index (χ3v) is 3.60. The maximum absolute atomic E-state index is 13.4. The maximum Gasteiger partial charge on any atom is 0.417 e. The molecule has 0 aromatic heterocycles. The van der Waals surface area contributed by atoms with Gasteiger partial charge in [0.25, 0.3) is 0 Å². The molecular formula is C17H19F3N2. The first kappa shape index (κ1) is 16.4. The largest absolute Gasteiger partial charge is 0.417 e. The van der Waals surface area contributed by atoms with Crippen LogP contribution in [-0.2, 0) is 19.0 Å². The average Bonchev–Trinajstić information content (AvgIpc) is 2.47. The first-order chi connectivity index (χ1) is 10.4. The van der Waals surface area contributed by atoms with E-state index in [0.717, 1.165) is 11.6 Å². The van der Waals surface area contributed by atoms with Crippen LogP contribution in [0.25, 0.3) is 11.1 Å². The quantitative estimate of drug-likeness (QED) is 0.838. The van der Waals surface area contributed by atoms with E-state index in [2.05, 4.69) is 0 Å². The lowest BCUT2D eigenvalue weighted by molar-refractivity contribution is -0.137. The van der Waals surface area contributed by atoms with Crippen molar-refractivity contribution in [2.75, 3.05) is 12.3 Å². The van der Waals surface area contributed by atoms with Gasteiger partial charge in [0.05, 0.1) is 5.56 Å². The number of anilines is 1. The van der Waals surface area contributed by atoms with Gasteiger partial charge in [0.15, 0.2) is 0 Å². The highest BCUT2D eigenvalue weighted by Crippen LogP contribution is 2.40. The minimum atomic E-state index is -4.44. The predicted molar refractivity (Wildman–Crippen MR) is 83.4 cm³/mol. The lowest BCUT2D eigenvalue weighted by Crippen LogP contribution is -2.10. The van der Waals surface area contributed by atoms with Crippen LogP contribution in [0, 0.1) is 0 Å². The van der Waals surface area contributed by atoms with Crippen LogP contribution in [0.5, 0.6) is 0 Å². The summed E-state index contributed by atoms with van der Waals surface area (Å²) in [6, 6.07) is 9.67. The van der Waals surface area contributed by atoms with Crippen LogP contribution >= 0.6 is 0 Å². The molecule has 4 N–H and O–H groups in total. The Hall–Kier alpha value is -2.01. The van der Waals surface area contributed by atoms with Crippen molar-refractivity contribution in [2.24, 2.45) is 5.73 Å². The molecule has 118 valence electrons. The Morgan fingerprint density at radius 2 is 1.68 bits per heavy atom. The summed E-state index contributed by atoms with van der Waals surface area (Å²) < 4.78 is 40.1. The van der Waals surface area contributed by atoms with E-state index in [1.165, 1.54) is 0 Å². The van der Waals surface area contributed by atoms with Gasteiger partial charge in [0, 0.05) is 5.69 Å². The Labute approximate surface area is 127 Å². The zero-order chi connectivity index (χ0) is 16.3. The molecule has 0 aliphatic rings.